The molecule has 8 heteroatoms. The second-order valence-corrected chi connectivity index (χ2v) is 7.19. The van der Waals surface area contributed by atoms with Crippen LogP contribution >= 0.6 is 0 Å². The third-order valence-corrected chi connectivity index (χ3v) is 5.18. The van der Waals surface area contributed by atoms with Crippen LogP contribution in [0.4, 0.5) is 10.1 Å². The molecule has 0 fully saturated rings. The second kappa shape index (κ2) is 8.51. The molecular weight excluding hydrogens is 397 g/mol. The standard InChI is InChI=1S/C23H22FN5O2/c1-3-16-6-4-5-7-20(16)27-21(30)12-13-28-15(2)26-22-19(23(28)31)14-25-29(22)18-10-8-17(24)9-11-18/h4-11,14H,3,12-13H2,1-2H3,(H,27,30). The number of aryl methyl sites for hydroxylation is 2. The molecule has 4 aromatic rings. The van der Waals surface area contributed by atoms with Crippen LogP contribution in [-0.2, 0) is 17.8 Å². The Hall–Kier alpha value is -3.81. The number of para-hydroxylation sites is 1. The minimum absolute atomic E-state index is 0.137. The fraction of sp³-hybridized carbons (Fsp3) is 0.217. The maximum Gasteiger partial charge on any atom is 0.264 e. The number of carbonyl (C=O) groups excluding carboxylic acids is 1. The van der Waals surface area contributed by atoms with Gasteiger partial charge in [0.25, 0.3) is 5.56 Å². The van der Waals surface area contributed by atoms with Gasteiger partial charge in [-0.2, -0.15) is 5.10 Å². The third-order valence-electron chi connectivity index (χ3n) is 5.18. The highest BCUT2D eigenvalue weighted by Crippen LogP contribution is 2.17. The molecule has 0 unspecified atom stereocenters. The first-order valence-corrected chi connectivity index (χ1v) is 10.1. The molecule has 0 bridgehead atoms. The highest BCUT2D eigenvalue weighted by molar-refractivity contribution is 5.91. The summed E-state index contributed by atoms with van der Waals surface area (Å²) in [7, 11) is 0. The Labute approximate surface area is 178 Å². The normalized spacial score (nSPS) is 11.1. The summed E-state index contributed by atoms with van der Waals surface area (Å²) in [6.45, 7) is 3.95. The fourth-order valence-corrected chi connectivity index (χ4v) is 3.52. The van der Waals surface area contributed by atoms with E-state index in [1.807, 2.05) is 31.2 Å². The van der Waals surface area contributed by atoms with Gasteiger partial charge in [0, 0.05) is 18.7 Å². The van der Waals surface area contributed by atoms with Crippen LogP contribution in [0.3, 0.4) is 0 Å². The summed E-state index contributed by atoms with van der Waals surface area (Å²) in [5.74, 6) is -0.0519. The lowest BCUT2D eigenvalue weighted by Crippen LogP contribution is -2.26. The lowest BCUT2D eigenvalue weighted by molar-refractivity contribution is -0.116. The topological polar surface area (TPSA) is 81.8 Å². The van der Waals surface area contributed by atoms with Crippen molar-refractivity contribution in [1.82, 2.24) is 19.3 Å². The molecule has 0 saturated carbocycles. The van der Waals surface area contributed by atoms with Crippen LogP contribution in [0, 0.1) is 12.7 Å². The summed E-state index contributed by atoms with van der Waals surface area (Å²) in [6.07, 6.45) is 2.40. The molecule has 0 aliphatic rings. The molecule has 2 aromatic carbocycles. The van der Waals surface area contributed by atoms with Crippen LogP contribution in [0.2, 0.25) is 0 Å². The van der Waals surface area contributed by atoms with Gasteiger partial charge in [-0.15, -0.1) is 0 Å². The van der Waals surface area contributed by atoms with Crippen LogP contribution in [0.25, 0.3) is 16.7 Å². The summed E-state index contributed by atoms with van der Waals surface area (Å²) in [5.41, 5.74) is 2.58. The number of nitrogens with zero attached hydrogens (tertiary/aromatic N) is 4. The van der Waals surface area contributed by atoms with Gasteiger partial charge in [-0.1, -0.05) is 25.1 Å². The minimum atomic E-state index is -0.355. The van der Waals surface area contributed by atoms with Crippen LogP contribution in [0.15, 0.2) is 59.5 Å². The van der Waals surface area contributed by atoms with Gasteiger partial charge in [0.15, 0.2) is 5.65 Å². The molecule has 0 radical (unpaired) electrons. The average Bonchev–Trinajstić information content (AvgIpc) is 3.18. The van der Waals surface area contributed by atoms with Crippen molar-refractivity contribution in [3.05, 3.63) is 82.3 Å². The van der Waals surface area contributed by atoms with E-state index < -0.39 is 0 Å². The van der Waals surface area contributed by atoms with E-state index in [-0.39, 0.29) is 30.2 Å². The number of halogens is 1. The van der Waals surface area contributed by atoms with E-state index in [1.165, 1.54) is 27.6 Å². The van der Waals surface area contributed by atoms with Crippen molar-refractivity contribution in [3.63, 3.8) is 0 Å². The smallest absolute Gasteiger partial charge is 0.264 e. The number of hydrogen-bond acceptors (Lipinski definition) is 4. The van der Waals surface area contributed by atoms with E-state index >= 15 is 0 Å². The number of aromatic nitrogens is 4. The molecule has 0 aliphatic carbocycles. The Morgan fingerprint density at radius 1 is 1.13 bits per heavy atom. The van der Waals surface area contributed by atoms with Gasteiger partial charge in [-0.05, 0) is 49.2 Å². The van der Waals surface area contributed by atoms with E-state index in [1.54, 1.807) is 19.1 Å². The van der Waals surface area contributed by atoms with Gasteiger partial charge in [-0.25, -0.2) is 14.1 Å². The van der Waals surface area contributed by atoms with Crippen LogP contribution in [0.1, 0.15) is 24.7 Å². The number of carbonyl (C=O) groups is 1. The lowest BCUT2D eigenvalue weighted by Gasteiger charge is -2.12. The molecule has 0 atom stereocenters. The molecular formula is C23H22FN5O2. The Balaban J connectivity index is 1.57. The first-order valence-electron chi connectivity index (χ1n) is 10.1. The first kappa shape index (κ1) is 20.5. The summed E-state index contributed by atoms with van der Waals surface area (Å²) in [6, 6.07) is 13.4. The number of nitrogens with one attached hydrogen (secondary N) is 1. The molecule has 7 nitrogen and oxygen atoms in total. The molecule has 0 saturated heterocycles. The second-order valence-electron chi connectivity index (χ2n) is 7.19. The van der Waals surface area contributed by atoms with Crippen molar-refractivity contribution >= 4 is 22.6 Å². The number of rotatable bonds is 6. The third kappa shape index (κ3) is 4.09. The summed E-state index contributed by atoms with van der Waals surface area (Å²) < 4.78 is 16.2. The quantitative estimate of drug-likeness (QED) is 0.518. The lowest BCUT2D eigenvalue weighted by atomic mass is 10.1. The maximum absolute atomic E-state index is 13.2. The van der Waals surface area contributed by atoms with E-state index in [9.17, 15) is 14.0 Å². The van der Waals surface area contributed by atoms with Gasteiger partial charge in [0.05, 0.1) is 11.9 Å². The number of benzene rings is 2. The Morgan fingerprint density at radius 2 is 1.87 bits per heavy atom. The summed E-state index contributed by atoms with van der Waals surface area (Å²) in [4.78, 5) is 30.0. The van der Waals surface area contributed by atoms with Gasteiger partial charge in [-0.3, -0.25) is 14.2 Å². The summed E-state index contributed by atoms with van der Waals surface area (Å²) in [5, 5.41) is 7.50. The molecule has 1 N–H and O–H groups in total. The fourth-order valence-electron chi connectivity index (χ4n) is 3.52. The van der Waals surface area contributed by atoms with Crippen molar-refractivity contribution in [1.29, 1.82) is 0 Å². The van der Waals surface area contributed by atoms with E-state index in [0.29, 0.717) is 22.5 Å². The zero-order valence-corrected chi connectivity index (χ0v) is 17.3. The van der Waals surface area contributed by atoms with Gasteiger partial charge < -0.3 is 5.32 Å². The van der Waals surface area contributed by atoms with Crippen molar-refractivity contribution in [2.24, 2.45) is 0 Å². The van der Waals surface area contributed by atoms with Crippen molar-refractivity contribution < 1.29 is 9.18 Å². The van der Waals surface area contributed by atoms with Crippen molar-refractivity contribution in [3.8, 4) is 5.69 Å². The van der Waals surface area contributed by atoms with E-state index in [2.05, 4.69) is 15.4 Å². The summed E-state index contributed by atoms with van der Waals surface area (Å²) >= 11 is 0. The van der Waals surface area contributed by atoms with Crippen LogP contribution in [-0.4, -0.2) is 25.2 Å². The van der Waals surface area contributed by atoms with E-state index in [4.69, 9.17) is 0 Å². The zero-order valence-electron chi connectivity index (χ0n) is 17.3. The Bertz CT molecular complexity index is 1310. The van der Waals surface area contributed by atoms with Crippen molar-refractivity contribution in [2.75, 3.05) is 5.32 Å². The highest BCUT2D eigenvalue weighted by atomic mass is 19.1. The number of anilines is 1. The largest absolute Gasteiger partial charge is 0.326 e. The molecule has 1 amide bonds. The average molecular weight is 419 g/mol. The van der Waals surface area contributed by atoms with Crippen molar-refractivity contribution in [2.45, 2.75) is 33.2 Å². The van der Waals surface area contributed by atoms with Crippen LogP contribution < -0.4 is 10.9 Å². The maximum atomic E-state index is 13.2. The highest BCUT2D eigenvalue weighted by Gasteiger charge is 2.15. The first-order chi connectivity index (χ1) is 15.0. The minimum Gasteiger partial charge on any atom is -0.326 e. The predicted octanol–water partition coefficient (Wildman–Crippen LogP) is 3.62. The SMILES string of the molecule is CCc1ccccc1NC(=O)CCn1c(C)nc2c(cnn2-c2ccc(F)cc2)c1=O. The molecule has 2 heterocycles. The Kier molecular flexibility index (Phi) is 5.62. The van der Waals surface area contributed by atoms with Gasteiger partial charge in [0.1, 0.15) is 17.0 Å². The van der Waals surface area contributed by atoms with Gasteiger partial charge >= 0.3 is 0 Å². The number of hydrogen-bond donors (Lipinski definition) is 1. The molecule has 31 heavy (non-hydrogen) atoms. The predicted molar refractivity (Wildman–Crippen MR) is 117 cm³/mol. The molecule has 0 aliphatic heterocycles. The zero-order chi connectivity index (χ0) is 22.0. The number of fused-ring (bicyclic) bond motifs is 1. The monoisotopic (exact) mass is 419 g/mol. The Morgan fingerprint density at radius 3 is 2.61 bits per heavy atom. The molecule has 2 aromatic heterocycles. The van der Waals surface area contributed by atoms with Gasteiger partial charge in [0.2, 0.25) is 5.91 Å². The molecule has 0 spiro atoms. The van der Waals surface area contributed by atoms with E-state index in [0.717, 1.165) is 17.7 Å². The molecule has 158 valence electrons. The van der Waals surface area contributed by atoms with Crippen LogP contribution in [0.5, 0.6) is 0 Å². The number of amides is 1. The molecule has 4 rings (SSSR count).